The number of urea groups is 1. The Hall–Kier alpha value is -2.89. The van der Waals surface area contributed by atoms with Gasteiger partial charge in [0.2, 0.25) is 12.3 Å². The molecular formula is C23H39N5O7. The van der Waals surface area contributed by atoms with Crippen LogP contribution in [0.2, 0.25) is 0 Å². The third kappa shape index (κ3) is 9.35. The molecule has 12 heteroatoms. The van der Waals surface area contributed by atoms with Crippen LogP contribution in [0.3, 0.4) is 0 Å². The number of likely N-dealkylation sites (tertiary alicyclic amines) is 1. The van der Waals surface area contributed by atoms with Crippen LogP contribution in [-0.2, 0) is 19.1 Å². The van der Waals surface area contributed by atoms with Gasteiger partial charge in [-0.3, -0.25) is 24.9 Å². The lowest BCUT2D eigenvalue weighted by atomic mass is 9.89. The first-order chi connectivity index (χ1) is 16.5. The van der Waals surface area contributed by atoms with Gasteiger partial charge in [0.1, 0.15) is 11.6 Å². The second kappa shape index (κ2) is 13.3. The minimum Gasteiger partial charge on any atom is -0.444 e. The molecule has 0 radical (unpaired) electrons. The lowest BCUT2D eigenvalue weighted by Crippen LogP contribution is -2.53. The van der Waals surface area contributed by atoms with Crippen molar-refractivity contribution in [2.75, 3.05) is 26.2 Å². The van der Waals surface area contributed by atoms with Crippen molar-refractivity contribution in [3.63, 3.8) is 0 Å². The van der Waals surface area contributed by atoms with Crippen molar-refractivity contribution >= 4 is 30.3 Å². The molecule has 1 saturated carbocycles. The first kappa shape index (κ1) is 28.3. The number of carbonyl (C=O) groups excluding carboxylic acids is 5. The molecule has 1 unspecified atom stereocenters. The summed E-state index contributed by atoms with van der Waals surface area (Å²) in [5.74, 6) is -1.39. The maximum Gasteiger partial charge on any atom is 0.407 e. The fourth-order valence-electron chi connectivity index (χ4n) is 4.58. The molecule has 0 bridgehead atoms. The molecule has 0 aromatic carbocycles. The fraction of sp³-hybridized carbons (Fsp3) is 0.783. The number of ether oxygens (including phenoxy) is 1. The molecule has 35 heavy (non-hydrogen) atoms. The van der Waals surface area contributed by atoms with Crippen molar-refractivity contribution in [1.82, 2.24) is 25.9 Å². The summed E-state index contributed by atoms with van der Waals surface area (Å²) in [5, 5.41) is 17.6. The van der Waals surface area contributed by atoms with Gasteiger partial charge in [-0.1, -0.05) is 12.8 Å². The summed E-state index contributed by atoms with van der Waals surface area (Å²) in [6, 6.07) is -1.46. The molecule has 1 heterocycles. The number of carbonyl (C=O) groups is 5. The van der Waals surface area contributed by atoms with E-state index in [0.29, 0.717) is 37.4 Å². The predicted octanol–water partition coefficient (Wildman–Crippen LogP) is 1.37. The zero-order valence-corrected chi connectivity index (χ0v) is 20.9. The second-order valence-corrected chi connectivity index (χ2v) is 10.1. The summed E-state index contributed by atoms with van der Waals surface area (Å²) in [5.41, 5.74) is -0.596. The quantitative estimate of drug-likeness (QED) is 0.154. The average Bonchev–Trinajstić information content (AvgIpc) is 3.47. The van der Waals surface area contributed by atoms with Crippen LogP contribution in [0.1, 0.15) is 65.7 Å². The van der Waals surface area contributed by atoms with E-state index in [1.807, 2.05) is 0 Å². The smallest absolute Gasteiger partial charge is 0.407 e. The number of imide groups is 1. The van der Waals surface area contributed by atoms with Crippen molar-refractivity contribution in [1.29, 1.82) is 0 Å². The van der Waals surface area contributed by atoms with E-state index >= 15 is 0 Å². The molecule has 1 saturated heterocycles. The molecule has 12 nitrogen and oxygen atoms in total. The van der Waals surface area contributed by atoms with Crippen molar-refractivity contribution in [2.45, 2.75) is 77.4 Å². The van der Waals surface area contributed by atoms with E-state index in [0.717, 1.165) is 25.7 Å². The summed E-state index contributed by atoms with van der Waals surface area (Å²) < 4.78 is 5.12. The van der Waals surface area contributed by atoms with Crippen LogP contribution in [0.5, 0.6) is 0 Å². The molecular weight excluding hydrogens is 458 g/mol. The molecule has 0 aromatic heterocycles. The van der Waals surface area contributed by atoms with Gasteiger partial charge in [-0.2, -0.15) is 0 Å². The van der Waals surface area contributed by atoms with Gasteiger partial charge in [0.15, 0.2) is 0 Å². The monoisotopic (exact) mass is 497 g/mol. The lowest BCUT2D eigenvalue weighted by molar-refractivity contribution is -0.159. The van der Waals surface area contributed by atoms with E-state index in [9.17, 15) is 29.2 Å². The van der Waals surface area contributed by atoms with Gasteiger partial charge >= 0.3 is 12.1 Å². The average molecular weight is 498 g/mol. The highest BCUT2D eigenvalue weighted by Gasteiger charge is 2.41. The van der Waals surface area contributed by atoms with Gasteiger partial charge < -0.3 is 20.3 Å². The molecule has 4 N–H and O–H groups in total. The summed E-state index contributed by atoms with van der Waals surface area (Å²) >= 11 is 0. The minimum atomic E-state index is -0.783. The number of hydroxylamine groups is 2. The van der Waals surface area contributed by atoms with E-state index in [-0.39, 0.29) is 31.3 Å². The van der Waals surface area contributed by atoms with E-state index in [4.69, 9.17) is 4.74 Å². The van der Waals surface area contributed by atoms with Crippen LogP contribution < -0.4 is 16.0 Å². The molecule has 2 rings (SSSR count). The summed E-state index contributed by atoms with van der Waals surface area (Å²) in [7, 11) is 0. The van der Waals surface area contributed by atoms with Crippen molar-refractivity contribution in [3.05, 3.63) is 0 Å². The maximum absolute atomic E-state index is 13.3. The second-order valence-electron chi connectivity index (χ2n) is 10.1. The number of hydrogen-bond donors (Lipinski definition) is 4. The molecule has 0 spiro atoms. The standard InChI is InChI=1S/C23H39N5O7/c1-23(2,3)35-22(33)25-12-7-11-24-21(32)26-19(30)18-10-6-13-28(18)20(31)17(14-27(34)15-29)16-8-4-5-9-16/h15-18,34H,4-14H2,1-3H3,(H,25,33)(H2,24,26,30,32)/t17?,18-/m0/s1. The Morgan fingerprint density at radius 1 is 1.09 bits per heavy atom. The zero-order chi connectivity index (χ0) is 26.0. The third-order valence-corrected chi connectivity index (χ3v) is 6.17. The Kier molecular flexibility index (Phi) is 10.7. The van der Waals surface area contributed by atoms with Crippen molar-refractivity contribution in [3.8, 4) is 0 Å². The highest BCUT2D eigenvalue weighted by molar-refractivity contribution is 5.99. The Balaban J connectivity index is 1.81. The lowest BCUT2D eigenvalue weighted by Gasteiger charge is -2.31. The summed E-state index contributed by atoms with van der Waals surface area (Å²) in [4.78, 5) is 62.2. The van der Waals surface area contributed by atoms with Gasteiger partial charge in [0, 0.05) is 19.6 Å². The topological polar surface area (TPSA) is 157 Å². The number of nitrogens with zero attached hydrogens (tertiary/aromatic N) is 2. The van der Waals surface area contributed by atoms with E-state index in [1.165, 1.54) is 4.90 Å². The van der Waals surface area contributed by atoms with E-state index in [2.05, 4.69) is 16.0 Å². The Labute approximate surface area is 206 Å². The minimum absolute atomic E-state index is 0.0407. The molecule has 2 aliphatic rings. The summed E-state index contributed by atoms with van der Waals surface area (Å²) in [6.07, 6.45) is 4.85. The van der Waals surface area contributed by atoms with Crippen molar-refractivity contribution < 1.29 is 33.9 Å². The molecule has 2 atom stereocenters. The van der Waals surface area contributed by atoms with Crippen LogP contribution in [0.15, 0.2) is 0 Å². The molecule has 6 amide bonds. The first-order valence-electron chi connectivity index (χ1n) is 12.3. The summed E-state index contributed by atoms with van der Waals surface area (Å²) in [6.45, 7) is 6.06. The van der Waals surface area contributed by atoms with Crippen LogP contribution in [0.25, 0.3) is 0 Å². The molecule has 1 aliphatic heterocycles. The van der Waals surface area contributed by atoms with Crippen LogP contribution in [0.4, 0.5) is 9.59 Å². The first-order valence-corrected chi connectivity index (χ1v) is 12.3. The molecule has 1 aliphatic carbocycles. The molecule has 198 valence electrons. The molecule has 0 aromatic rings. The Morgan fingerprint density at radius 3 is 2.37 bits per heavy atom. The van der Waals surface area contributed by atoms with E-state index in [1.54, 1.807) is 20.8 Å². The number of alkyl carbamates (subject to hydrolysis) is 1. The largest absolute Gasteiger partial charge is 0.444 e. The maximum atomic E-state index is 13.3. The molecule has 2 fully saturated rings. The van der Waals surface area contributed by atoms with Crippen LogP contribution >= 0.6 is 0 Å². The van der Waals surface area contributed by atoms with E-state index < -0.39 is 35.6 Å². The van der Waals surface area contributed by atoms with Gasteiger partial charge in [0.05, 0.1) is 12.5 Å². The van der Waals surface area contributed by atoms with Crippen LogP contribution in [0, 0.1) is 11.8 Å². The van der Waals surface area contributed by atoms with Gasteiger partial charge in [0.25, 0.3) is 5.91 Å². The number of rotatable bonds is 10. The number of nitrogens with one attached hydrogen (secondary N) is 3. The zero-order valence-electron chi connectivity index (χ0n) is 20.9. The highest BCUT2D eigenvalue weighted by atomic mass is 16.6. The normalized spacial score (nSPS) is 19.1. The predicted molar refractivity (Wildman–Crippen MR) is 125 cm³/mol. The number of amides is 6. The number of hydrogen-bond acceptors (Lipinski definition) is 7. The third-order valence-electron chi connectivity index (χ3n) is 6.17. The highest BCUT2D eigenvalue weighted by Crippen LogP contribution is 2.34. The van der Waals surface area contributed by atoms with Gasteiger partial charge in [-0.05, 0) is 58.8 Å². The fourth-order valence-corrected chi connectivity index (χ4v) is 4.58. The van der Waals surface area contributed by atoms with Crippen molar-refractivity contribution in [2.24, 2.45) is 11.8 Å². The van der Waals surface area contributed by atoms with Crippen LogP contribution in [-0.4, -0.2) is 83.3 Å². The van der Waals surface area contributed by atoms with Gasteiger partial charge in [-0.25, -0.2) is 14.7 Å². The van der Waals surface area contributed by atoms with Gasteiger partial charge in [-0.15, -0.1) is 0 Å². The Morgan fingerprint density at radius 2 is 1.74 bits per heavy atom. The Bertz CT molecular complexity index is 764. The SMILES string of the molecule is CC(C)(C)OC(=O)NCCCNC(=O)NC(=O)[C@@H]1CCCN1C(=O)C(CN(O)C=O)C1CCCC1.